The van der Waals surface area contributed by atoms with E-state index in [-0.39, 0.29) is 53.4 Å². The van der Waals surface area contributed by atoms with Crippen LogP contribution in [-0.2, 0) is 42.8 Å². The van der Waals surface area contributed by atoms with Gasteiger partial charge >= 0.3 is 11.9 Å². The number of aromatic nitrogens is 4. The number of aliphatic carboxylic acids is 1. The highest BCUT2D eigenvalue weighted by atomic mass is 79.9. The van der Waals surface area contributed by atoms with Crippen molar-refractivity contribution < 1.29 is 33.8 Å². The Kier molecular flexibility index (Phi) is 17.9. The van der Waals surface area contributed by atoms with Crippen LogP contribution in [0.25, 0.3) is 22.8 Å². The van der Waals surface area contributed by atoms with E-state index in [9.17, 15) is 29.1 Å². The maximum Gasteiger partial charge on any atom is 0.326 e. The maximum atomic E-state index is 13.8. The Hall–Kier alpha value is -5.69. The van der Waals surface area contributed by atoms with E-state index in [1.807, 2.05) is 87.5 Å². The monoisotopic (exact) mass is 1130 g/mol. The molecule has 1 fully saturated rings. The molecule has 14 nitrogen and oxygen atoms in total. The topological polar surface area (TPSA) is 194 Å². The number of likely N-dealkylation sites (tertiary alicyclic amines) is 1. The minimum atomic E-state index is -1.07. The van der Waals surface area contributed by atoms with Crippen molar-refractivity contribution in [3.63, 3.8) is 0 Å². The van der Waals surface area contributed by atoms with Crippen LogP contribution in [0, 0.1) is 5.92 Å². The van der Waals surface area contributed by atoms with E-state index in [0.717, 1.165) is 41.0 Å². The minimum absolute atomic E-state index is 0.0598. The van der Waals surface area contributed by atoms with Gasteiger partial charge in [-0.25, -0.2) is 24.7 Å². The zero-order valence-corrected chi connectivity index (χ0v) is 46.0. The van der Waals surface area contributed by atoms with Crippen molar-refractivity contribution >= 4 is 84.2 Å². The number of nitrogens with one attached hydrogen (secondary N) is 2. The first-order valence-corrected chi connectivity index (χ1v) is 26.3. The molecule has 0 saturated carbocycles. The number of hydrogen-bond acceptors (Lipinski definition) is 12. The van der Waals surface area contributed by atoms with E-state index in [0.29, 0.717) is 40.8 Å². The number of hydrogen-bond donors (Lipinski definition) is 3. The smallest absolute Gasteiger partial charge is 0.326 e. The largest absolute Gasteiger partial charge is 0.480 e. The Bertz CT molecular complexity index is 2810. The van der Waals surface area contributed by atoms with Crippen LogP contribution in [-0.4, -0.2) is 90.4 Å². The fraction of sp³-hybridized carbons (Fsp3) is 0.377. The number of halogens is 2. The van der Waals surface area contributed by atoms with E-state index in [2.05, 4.69) is 104 Å². The van der Waals surface area contributed by atoms with Gasteiger partial charge in [0.2, 0.25) is 5.91 Å². The van der Waals surface area contributed by atoms with Crippen molar-refractivity contribution in [1.29, 1.82) is 0 Å². The molecule has 1 aliphatic rings. The lowest BCUT2D eigenvalue weighted by atomic mass is 9.95. The first kappa shape index (κ1) is 54.6. The molecular weight excluding hydrogens is 1070 g/mol. The molecule has 0 aliphatic carbocycles. The lowest BCUT2D eigenvalue weighted by molar-refractivity contribution is -0.159. The van der Waals surface area contributed by atoms with Gasteiger partial charge in [0.05, 0.1) is 24.6 Å². The second kappa shape index (κ2) is 23.2. The quantitative estimate of drug-likeness (QED) is 0.0932. The standard InChI is InChI=1S/C31H37BrN4O4S.C22H22BrN3O3S/c1-30(2,3)25-12-11-24(41-25)27(37)35-23(28(38)36-14-13-21(18-36)29(39)40-31(4,5)6)15-19-7-9-20(10-8-19)26-33-16-22(32)17-34-26;1-22(2,3)18-9-8-17(30-18)20(27)26-16(21(28)29)10-13-4-6-14(7-5-13)19-24-11-15(23)12-25-19/h7-12,16-17,21,23H,13-15,18H2,1-6H3,(H,35,37);4-9,11-12,16H,10H2,1-3H3,(H,26,27)(H,28,29)/t21-,23-;16-/m00/s1. The summed E-state index contributed by atoms with van der Waals surface area (Å²) in [7, 11) is 0. The van der Waals surface area contributed by atoms with Crippen LogP contribution in [0.2, 0.25) is 0 Å². The summed E-state index contributed by atoms with van der Waals surface area (Å²) in [4.78, 5) is 86.2. The summed E-state index contributed by atoms with van der Waals surface area (Å²) in [6, 6.07) is 20.6. The second-order valence-electron chi connectivity index (χ2n) is 20.3. The third kappa shape index (κ3) is 15.7. The third-order valence-corrected chi connectivity index (χ3v) is 15.0. The summed E-state index contributed by atoms with van der Waals surface area (Å²) >= 11 is 9.47. The van der Waals surface area contributed by atoms with Gasteiger partial charge in [-0.2, -0.15) is 0 Å². The highest BCUT2D eigenvalue weighted by molar-refractivity contribution is 9.10. The van der Waals surface area contributed by atoms with Gasteiger partial charge in [-0.15, -0.1) is 22.7 Å². The SMILES string of the molecule is CC(C)(C)OC(=O)[C@H]1CCN(C(=O)[C@H](Cc2ccc(-c3ncc(Br)cn3)cc2)NC(=O)c2ccc(C(C)(C)C)s2)C1.CC(C)(C)c1ccc(C(=O)N[C@@H](Cc2ccc(-c3ncc(Br)cn3)cc2)C(=O)O)s1. The summed E-state index contributed by atoms with van der Waals surface area (Å²) in [5, 5.41) is 15.2. The van der Waals surface area contributed by atoms with Gasteiger partial charge in [-0.3, -0.25) is 19.2 Å². The van der Waals surface area contributed by atoms with Crippen molar-refractivity contribution in [3.8, 4) is 22.8 Å². The summed E-state index contributed by atoms with van der Waals surface area (Å²) in [5.74, 6) is -1.44. The van der Waals surface area contributed by atoms with Gasteiger partial charge in [0.15, 0.2) is 11.6 Å². The maximum absolute atomic E-state index is 13.8. The first-order valence-electron chi connectivity index (χ1n) is 23.0. The molecule has 4 aromatic heterocycles. The van der Waals surface area contributed by atoms with E-state index in [1.54, 1.807) is 35.8 Å². The number of esters is 1. The van der Waals surface area contributed by atoms with Crippen LogP contribution in [0.15, 0.2) is 107 Å². The lowest BCUT2D eigenvalue weighted by Crippen LogP contribution is -2.49. The molecule has 0 radical (unpaired) electrons. The molecule has 3 N–H and O–H groups in total. The molecule has 5 heterocycles. The predicted octanol–water partition coefficient (Wildman–Crippen LogP) is 10.5. The molecule has 18 heteroatoms. The molecule has 6 aromatic rings. The molecule has 374 valence electrons. The fourth-order valence-electron chi connectivity index (χ4n) is 7.32. The molecule has 1 saturated heterocycles. The van der Waals surface area contributed by atoms with Crippen molar-refractivity contribution in [2.24, 2.45) is 5.92 Å². The van der Waals surface area contributed by atoms with Crippen LogP contribution >= 0.6 is 54.5 Å². The lowest BCUT2D eigenvalue weighted by Gasteiger charge is -2.25. The molecular formula is C53H59Br2N7O7S2. The number of carbonyl (C=O) groups is 5. The average Bonchev–Trinajstić information content (AvgIpc) is 4.12. The van der Waals surface area contributed by atoms with Gasteiger partial charge in [0, 0.05) is 71.6 Å². The van der Waals surface area contributed by atoms with Crippen molar-refractivity contribution in [1.82, 2.24) is 35.5 Å². The minimum Gasteiger partial charge on any atom is -0.480 e. The Morgan fingerprint density at radius 2 is 1.06 bits per heavy atom. The fourth-order valence-corrected chi connectivity index (χ4v) is 9.66. The molecule has 1 aliphatic heterocycles. The number of ether oxygens (including phenoxy) is 1. The predicted molar refractivity (Wildman–Crippen MR) is 284 cm³/mol. The summed E-state index contributed by atoms with van der Waals surface area (Å²) in [6.45, 7) is 18.7. The van der Waals surface area contributed by atoms with Crippen LogP contribution in [0.4, 0.5) is 0 Å². The zero-order chi connectivity index (χ0) is 51.8. The van der Waals surface area contributed by atoms with Gasteiger partial charge in [-0.1, -0.05) is 90.1 Å². The summed E-state index contributed by atoms with van der Waals surface area (Å²) in [5.41, 5.74) is 2.63. The molecule has 3 amide bonds. The normalized spacial score (nSPS) is 14.7. The number of rotatable bonds is 13. The molecule has 7 rings (SSSR count). The van der Waals surface area contributed by atoms with E-state index >= 15 is 0 Å². The Balaban J connectivity index is 0.000000244. The van der Waals surface area contributed by atoms with E-state index in [1.165, 1.54) is 22.7 Å². The van der Waals surface area contributed by atoms with Crippen molar-refractivity contribution in [2.45, 2.75) is 110 Å². The Labute approximate surface area is 439 Å². The van der Waals surface area contributed by atoms with Crippen LogP contribution < -0.4 is 10.6 Å². The number of carboxylic acids is 1. The third-order valence-electron chi connectivity index (χ3n) is 11.1. The summed E-state index contributed by atoms with van der Waals surface area (Å²) in [6.07, 6.45) is 7.73. The Morgan fingerprint density at radius 3 is 1.44 bits per heavy atom. The summed E-state index contributed by atoms with van der Waals surface area (Å²) < 4.78 is 7.15. The molecule has 71 heavy (non-hydrogen) atoms. The van der Waals surface area contributed by atoms with Gasteiger partial charge in [-0.05, 0) is 105 Å². The van der Waals surface area contributed by atoms with Crippen molar-refractivity contribution in [2.75, 3.05) is 13.1 Å². The van der Waals surface area contributed by atoms with Gasteiger partial charge in [0.25, 0.3) is 11.8 Å². The molecule has 2 aromatic carbocycles. The number of amides is 3. The number of thiophene rings is 2. The Morgan fingerprint density at radius 1 is 0.648 bits per heavy atom. The highest BCUT2D eigenvalue weighted by Crippen LogP contribution is 2.31. The second-order valence-corrected chi connectivity index (χ2v) is 24.3. The van der Waals surface area contributed by atoms with E-state index in [4.69, 9.17) is 4.74 Å². The van der Waals surface area contributed by atoms with Gasteiger partial charge < -0.3 is 25.4 Å². The van der Waals surface area contributed by atoms with Gasteiger partial charge in [0.1, 0.15) is 17.7 Å². The zero-order valence-electron chi connectivity index (χ0n) is 41.2. The number of carbonyl (C=O) groups excluding carboxylic acids is 4. The number of carboxylic acid groups (broad SMARTS) is 1. The highest BCUT2D eigenvalue weighted by Gasteiger charge is 2.37. The molecule has 0 unspecified atom stereocenters. The number of nitrogens with zero attached hydrogens (tertiary/aromatic N) is 5. The molecule has 0 bridgehead atoms. The molecule has 0 spiro atoms. The van der Waals surface area contributed by atoms with Crippen LogP contribution in [0.5, 0.6) is 0 Å². The molecule has 3 atom stereocenters. The van der Waals surface area contributed by atoms with Crippen LogP contribution in [0.1, 0.15) is 109 Å². The average molecular weight is 1130 g/mol. The van der Waals surface area contributed by atoms with Crippen LogP contribution in [0.3, 0.4) is 0 Å². The van der Waals surface area contributed by atoms with Crippen molar-refractivity contribution in [3.05, 3.63) is 137 Å². The van der Waals surface area contributed by atoms with E-state index < -0.39 is 23.7 Å². The number of benzene rings is 2. The first-order chi connectivity index (χ1) is 33.3.